The van der Waals surface area contributed by atoms with Gasteiger partial charge in [0.2, 0.25) is 17.7 Å². The van der Waals surface area contributed by atoms with E-state index in [1.807, 2.05) is 24.3 Å². The normalized spacial score (nSPS) is 17.7. The zero-order chi connectivity index (χ0) is 23.3. The molecular formula is C21H27N5O5S. The van der Waals surface area contributed by atoms with Gasteiger partial charge in [0, 0.05) is 35.8 Å². The molecule has 3 atom stereocenters. The lowest BCUT2D eigenvalue weighted by atomic mass is 10.0. The molecule has 32 heavy (non-hydrogen) atoms. The molecule has 11 heteroatoms. The lowest BCUT2D eigenvalue weighted by molar-refractivity contribution is -0.142. The largest absolute Gasteiger partial charge is 0.480 e. The number of nitrogens with one attached hydrogen (secondary N) is 3. The summed E-state index contributed by atoms with van der Waals surface area (Å²) in [5.41, 5.74) is 7.12. The Hall–Kier alpha value is -3.05. The summed E-state index contributed by atoms with van der Waals surface area (Å²) in [7, 11) is 0. The smallest absolute Gasteiger partial charge is 0.327 e. The third-order valence-electron chi connectivity index (χ3n) is 5.58. The molecule has 2 heterocycles. The van der Waals surface area contributed by atoms with Crippen LogP contribution in [0.3, 0.4) is 0 Å². The predicted molar refractivity (Wildman–Crippen MR) is 121 cm³/mol. The number of para-hydroxylation sites is 1. The van der Waals surface area contributed by atoms with Gasteiger partial charge in [-0.3, -0.25) is 14.4 Å². The van der Waals surface area contributed by atoms with Gasteiger partial charge in [-0.1, -0.05) is 18.2 Å². The van der Waals surface area contributed by atoms with E-state index >= 15 is 0 Å². The van der Waals surface area contributed by atoms with Gasteiger partial charge in [0.15, 0.2) is 0 Å². The second-order valence-corrected chi connectivity index (χ2v) is 8.02. The quantitative estimate of drug-likeness (QED) is 0.280. The molecule has 2 aromatic rings. The highest BCUT2D eigenvalue weighted by molar-refractivity contribution is 7.80. The van der Waals surface area contributed by atoms with Crippen LogP contribution >= 0.6 is 12.6 Å². The molecule has 3 amide bonds. The summed E-state index contributed by atoms with van der Waals surface area (Å²) in [6, 6.07) is 4.57. The van der Waals surface area contributed by atoms with Gasteiger partial charge < -0.3 is 31.4 Å². The Bertz CT molecular complexity index is 1010. The molecule has 1 fully saturated rings. The number of nitrogens with two attached hydrogens (primary N) is 1. The van der Waals surface area contributed by atoms with E-state index in [1.54, 1.807) is 6.20 Å². The van der Waals surface area contributed by atoms with Crippen molar-refractivity contribution in [2.75, 3.05) is 18.8 Å². The van der Waals surface area contributed by atoms with Gasteiger partial charge in [0.25, 0.3) is 0 Å². The zero-order valence-corrected chi connectivity index (χ0v) is 18.3. The van der Waals surface area contributed by atoms with Crippen molar-refractivity contribution in [1.82, 2.24) is 20.5 Å². The molecule has 0 saturated carbocycles. The van der Waals surface area contributed by atoms with E-state index in [9.17, 15) is 24.3 Å². The number of fused-ring (bicyclic) bond motifs is 1. The lowest BCUT2D eigenvalue weighted by Gasteiger charge is -2.26. The molecule has 3 unspecified atom stereocenters. The van der Waals surface area contributed by atoms with Gasteiger partial charge in [-0.2, -0.15) is 12.6 Å². The van der Waals surface area contributed by atoms with Crippen LogP contribution in [0, 0.1) is 0 Å². The Balaban J connectivity index is 1.82. The number of carboxylic acids is 1. The number of aromatic nitrogens is 1. The monoisotopic (exact) mass is 461 g/mol. The summed E-state index contributed by atoms with van der Waals surface area (Å²) in [5.74, 6) is -2.76. The minimum atomic E-state index is -1.22. The predicted octanol–water partition coefficient (Wildman–Crippen LogP) is -0.356. The Morgan fingerprint density at radius 2 is 1.97 bits per heavy atom. The number of thiol groups is 1. The van der Waals surface area contributed by atoms with Crippen LogP contribution in [0.2, 0.25) is 0 Å². The van der Waals surface area contributed by atoms with Crippen LogP contribution in [-0.4, -0.2) is 75.6 Å². The summed E-state index contributed by atoms with van der Waals surface area (Å²) in [5, 5.41) is 15.3. The maximum absolute atomic E-state index is 13.0. The highest BCUT2D eigenvalue weighted by Crippen LogP contribution is 2.21. The number of amides is 3. The summed E-state index contributed by atoms with van der Waals surface area (Å²) < 4.78 is 0. The molecule has 0 radical (unpaired) electrons. The maximum atomic E-state index is 13.0. The first-order chi connectivity index (χ1) is 15.3. The number of hydrogen-bond acceptors (Lipinski definition) is 6. The highest BCUT2D eigenvalue weighted by Gasteiger charge is 2.36. The average Bonchev–Trinajstić information content (AvgIpc) is 3.43. The van der Waals surface area contributed by atoms with E-state index in [0.717, 1.165) is 16.5 Å². The number of H-pyrrole nitrogens is 1. The fourth-order valence-corrected chi connectivity index (χ4v) is 4.16. The number of carbonyl (C=O) groups is 4. The molecule has 172 valence electrons. The van der Waals surface area contributed by atoms with Gasteiger partial charge in [-0.25, -0.2) is 4.79 Å². The van der Waals surface area contributed by atoms with Crippen molar-refractivity contribution in [3.05, 3.63) is 36.0 Å². The van der Waals surface area contributed by atoms with Crippen LogP contribution in [0.1, 0.15) is 18.4 Å². The van der Waals surface area contributed by atoms with Gasteiger partial charge in [0.05, 0.1) is 6.54 Å². The first-order valence-corrected chi connectivity index (χ1v) is 11.0. The number of likely N-dealkylation sites (tertiary alicyclic amines) is 1. The SMILES string of the molecule is NCC(=O)N1CCCC1C(=O)NC(Cc1c[nH]c2ccccc12)C(=O)NC(CS)C(=O)O. The van der Waals surface area contributed by atoms with Gasteiger partial charge in [-0.05, 0) is 24.5 Å². The van der Waals surface area contributed by atoms with E-state index in [0.29, 0.717) is 19.4 Å². The molecule has 1 aromatic carbocycles. The number of carbonyl (C=O) groups excluding carboxylic acids is 3. The topological polar surface area (TPSA) is 158 Å². The molecule has 0 bridgehead atoms. The van der Waals surface area contributed by atoms with Crippen LogP contribution < -0.4 is 16.4 Å². The number of aromatic amines is 1. The lowest BCUT2D eigenvalue weighted by Crippen LogP contribution is -2.56. The Kier molecular flexibility index (Phi) is 7.75. The highest BCUT2D eigenvalue weighted by atomic mass is 32.1. The molecule has 1 aliphatic rings. The number of aliphatic carboxylic acids is 1. The average molecular weight is 462 g/mol. The molecular weight excluding hydrogens is 434 g/mol. The summed E-state index contributed by atoms with van der Waals surface area (Å²) in [6.07, 6.45) is 3.01. The van der Waals surface area contributed by atoms with Crippen molar-refractivity contribution in [2.45, 2.75) is 37.4 Å². The van der Waals surface area contributed by atoms with Gasteiger partial charge in [0.1, 0.15) is 18.1 Å². The van der Waals surface area contributed by atoms with Crippen LogP contribution in [0.4, 0.5) is 0 Å². The van der Waals surface area contributed by atoms with Crippen molar-refractivity contribution >= 4 is 47.2 Å². The van der Waals surface area contributed by atoms with E-state index in [2.05, 4.69) is 28.2 Å². The van der Waals surface area contributed by atoms with Crippen LogP contribution in [0.15, 0.2) is 30.5 Å². The maximum Gasteiger partial charge on any atom is 0.327 e. The number of hydrogen-bond donors (Lipinski definition) is 6. The van der Waals surface area contributed by atoms with Crippen molar-refractivity contribution in [1.29, 1.82) is 0 Å². The fraction of sp³-hybridized carbons (Fsp3) is 0.429. The number of nitrogens with zero attached hydrogens (tertiary/aromatic N) is 1. The standard InChI is InChI=1S/C21H27N5O5S/c22-9-18(27)26-7-3-6-17(26)20(29)24-15(19(28)25-16(11-32)21(30)31)8-12-10-23-14-5-2-1-4-13(12)14/h1-2,4-5,10,15-17,23,32H,3,6-9,11,22H2,(H,24,29)(H,25,28)(H,30,31). The molecule has 0 aliphatic carbocycles. The molecule has 1 aromatic heterocycles. The Morgan fingerprint density at radius 1 is 1.22 bits per heavy atom. The Labute approximate surface area is 190 Å². The van der Waals surface area contributed by atoms with E-state index in [4.69, 9.17) is 5.73 Å². The minimum Gasteiger partial charge on any atom is -0.480 e. The van der Waals surface area contributed by atoms with E-state index < -0.39 is 35.9 Å². The van der Waals surface area contributed by atoms with Crippen molar-refractivity contribution in [3.63, 3.8) is 0 Å². The molecule has 10 nitrogen and oxygen atoms in total. The van der Waals surface area contributed by atoms with Crippen LogP contribution in [0.5, 0.6) is 0 Å². The minimum absolute atomic E-state index is 0.101. The summed E-state index contributed by atoms with van der Waals surface area (Å²) >= 11 is 3.98. The zero-order valence-electron chi connectivity index (χ0n) is 17.4. The molecule has 0 spiro atoms. The third-order valence-corrected chi connectivity index (χ3v) is 5.94. The van der Waals surface area contributed by atoms with Crippen molar-refractivity contribution < 1.29 is 24.3 Å². The number of carboxylic acid groups (broad SMARTS) is 1. The molecule has 3 rings (SSSR count). The summed E-state index contributed by atoms with van der Waals surface area (Å²) in [4.78, 5) is 53.9. The second kappa shape index (κ2) is 10.5. The van der Waals surface area contributed by atoms with Crippen LogP contribution in [0.25, 0.3) is 10.9 Å². The van der Waals surface area contributed by atoms with E-state index in [1.165, 1.54) is 4.90 Å². The first-order valence-electron chi connectivity index (χ1n) is 10.3. The second-order valence-electron chi connectivity index (χ2n) is 7.66. The fourth-order valence-electron chi connectivity index (χ4n) is 3.91. The third kappa shape index (κ3) is 5.22. The molecule has 6 N–H and O–H groups in total. The van der Waals surface area contributed by atoms with Crippen LogP contribution in [-0.2, 0) is 25.6 Å². The van der Waals surface area contributed by atoms with Gasteiger partial charge >= 0.3 is 5.97 Å². The van der Waals surface area contributed by atoms with Crippen molar-refractivity contribution in [3.8, 4) is 0 Å². The first kappa shape index (κ1) is 23.6. The van der Waals surface area contributed by atoms with Crippen molar-refractivity contribution in [2.24, 2.45) is 5.73 Å². The molecule has 1 saturated heterocycles. The molecule has 1 aliphatic heterocycles. The Morgan fingerprint density at radius 3 is 2.66 bits per heavy atom. The number of benzene rings is 1. The van der Waals surface area contributed by atoms with E-state index in [-0.39, 0.29) is 24.6 Å². The number of rotatable bonds is 9. The summed E-state index contributed by atoms with van der Waals surface area (Å²) in [6.45, 7) is 0.222. The van der Waals surface area contributed by atoms with Gasteiger partial charge in [-0.15, -0.1) is 0 Å².